The van der Waals surface area contributed by atoms with Crippen LogP contribution in [-0.2, 0) is 0 Å². The molecule has 0 unspecified atom stereocenters. The molecule has 0 aliphatic rings. The Balaban J connectivity index is 2.55. The third-order valence-corrected chi connectivity index (χ3v) is 3.31. The first-order valence-corrected chi connectivity index (χ1v) is 6.51. The summed E-state index contributed by atoms with van der Waals surface area (Å²) in [4.78, 5) is 12.6. The lowest BCUT2D eigenvalue weighted by atomic mass is 9.96. The highest BCUT2D eigenvalue weighted by Gasteiger charge is 2.21. The number of hydrogen-bond donors (Lipinski definition) is 0. The van der Waals surface area contributed by atoms with E-state index < -0.39 is 11.6 Å². The van der Waals surface area contributed by atoms with Gasteiger partial charge in [-0.3, -0.25) is 4.79 Å². The molecule has 2 aromatic carbocycles. The molecule has 0 fully saturated rings. The van der Waals surface area contributed by atoms with Crippen molar-refractivity contribution in [2.75, 3.05) is 14.2 Å². The van der Waals surface area contributed by atoms with E-state index in [-0.39, 0.29) is 5.56 Å². The van der Waals surface area contributed by atoms with Crippen LogP contribution in [0.25, 0.3) is 0 Å². The van der Waals surface area contributed by atoms with E-state index >= 15 is 0 Å². The van der Waals surface area contributed by atoms with Crippen LogP contribution in [0.4, 0.5) is 4.39 Å². The fourth-order valence-corrected chi connectivity index (χ4v) is 2.32. The zero-order chi connectivity index (χ0) is 15.6. The van der Waals surface area contributed by atoms with Crippen LogP contribution in [0, 0.1) is 19.7 Å². The van der Waals surface area contributed by atoms with Crippen molar-refractivity contribution >= 4 is 5.78 Å². The molecule has 21 heavy (non-hydrogen) atoms. The number of methoxy groups -OCH3 is 2. The molecule has 2 rings (SSSR count). The second-order valence-corrected chi connectivity index (χ2v) is 4.83. The van der Waals surface area contributed by atoms with E-state index in [1.54, 1.807) is 38.1 Å². The van der Waals surface area contributed by atoms with Gasteiger partial charge in [0.15, 0.2) is 5.78 Å². The van der Waals surface area contributed by atoms with Gasteiger partial charge in [0.25, 0.3) is 0 Å². The predicted octanol–water partition coefficient (Wildman–Crippen LogP) is 3.69. The summed E-state index contributed by atoms with van der Waals surface area (Å²) in [6.07, 6.45) is 0. The minimum Gasteiger partial charge on any atom is -0.497 e. The number of carbonyl (C=O) groups excluding carboxylic acids is 1. The largest absolute Gasteiger partial charge is 0.497 e. The van der Waals surface area contributed by atoms with Crippen LogP contribution in [-0.4, -0.2) is 20.0 Å². The molecule has 2 aromatic rings. The van der Waals surface area contributed by atoms with Crippen molar-refractivity contribution < 1.29 is 18.7 Å². The van der Waals surface area contributed by atoms with Crippen molar-refractivity contribution in [2.45, 2.75) is 13.8 Å². The summed E-state index contributed by atoms with van der Waals surface area (Å²) in [6.45, 7) is 3.51. The van der Waals surface area contributed by atoms with Gasteiger partial charge in [-0.15, -0.1) is 0 Å². The van der Waals surface area contributed by atoms with Crippen molar-refractivity contribution in [2.24, 2.45) is 0 Å². The highest BCUT2D eigenvalue weighted by atomic mass is 19.1. The first-order chi connectivity index (χ1) is 9.97. The summed E-state index contributed by atoms with van der Waals surface area (Å²) in [6, 6.07) is 7.98. The molecule has 0 atom stereocenters. The van der Waals surface area contributed by atoms with E-state index in [0.29, 0.717) is 22.6 Å². The van der Waals surface area contributed by atoms with E-state index in [4.69, 9.17) is 9.47 Å². The first-order valence-electron chi connectivity index (χ1n) is 6.51. The molecule has 0 saturated heterocycles. The van der Waals surface area contributed by atoms with Crippen molar-refractivity contribution in [1.29, 1.82) is 0 Å². The van der Waals surface area contributed by atoms with E-state index in [9.17, 15) is 9.18 Å². The lowest BCUT2D eigenvalue weighted by Gasteiger charge is -2.12. The van der Waals surface area contributed by atoms with Crippen molar-refractivity contribution in [3.8, 4) is 11.5 Å². The lowest BCUT2D eigenvalue weighted by molar-refractivity contribution is 0.103. The molecule has 0 spiro atoms. The molecule has 0 heterocycles. The van der Waals surface area contributed by atoms with Gasteiger partial charge in [-0.2, -0.15) is 0 Å². The van der Waals surface area contributed by atoms with Gasteiger partial charge in [0.05, 0.1) is 25.3 Å². The third kappa shape index (κ3) is 2.89. The highest BCUT2D eigenvalue weighted by molar-refractivity contribution is 6.11. The Bertz CT molecular complexity index is 669. The van der Waals surface area contributed by atoms with Gasteiger partial charge < -0.3 is 9.47 Å². The number of halogens is 1. The molecule has 0 aliphatic heterocycles. The van der Waals surface area contributed by atoms with Crippen molar-refractivity contribution in [3.05, 3.63) is 58.4 Å². The molecule has 0 amide bonds. The number of rotatable bonds is 4. The fourth-order valence-electron chi connectivity index (χ4n) is 2.32. The number of carbonyl (C=O) groups is 1. The minimum absolute atomic E-state index is 0.0732. The van der Waals surface area contributed by atoms with Gasteiger partial charge in [0.1, 0.15) is 17.3 Å². The SMILES string of the molecule is COc1ccc(C(=O)c2c(C)cc(C)cc2F)c(OC)c1. The number of ketones is 1. The Morgan fingerprint density at radius 1 is 1.05 bits per heavy atom. The minimum atomic E-state index is -0.518. The molecule has 3 nitrogen and oxygen atoms in total. The van der Waals surface area contributed by atoms with Crippen molar-refractivity contribution in [3.63, 3.8) is 0 Å². The smallest absolute Gasteiger partial charge is 0.199 e. The quantitative estimate of drug-likeness (QED) is 0.805. The van der Waals surface area contributed by atoms with Crippen LogP contribution in [0.15, 0.2) is 30.3 Å². The molecule has 0 aliphatic carbocycles. The number of benzene rings is 2. The molecule has 110 valence electrons. The third-order valence-electron chi connectivity index (χ3n) is 3.31. The van der Waals surface area contributed by atoms with Gasteiger partial charge in [0.2, 0.25) is 0 Å². The van der Waals surface area contributed by atoms with Crippen LogP contribution >= 0.6 is 0 Å². The van der Waals surface area contributed by atoms with E-state index in [2.05, 4.69) is 0 Å². The number of hydrogen-bond acceptors (Lipinski definition) is 3. The molecule has 0 aromatic heterocycles. The Morgan fingerprint density at radius 2 is 1.76 bits per heavy atom. The van der Waals surface area contributed by atoms with Gasteiger partial charge >= 0.3 is 0 Å². The summed E-state index contributed by atoms with van der Waals surface area (Å²) in [5.41, 5.74) is 1.77. The van der Waals surface area contributed by atoms with Gasteiger partial charge in [-0.25, -0.2) is 4.39 Å². The Hall–Kier alpha value is -2.36. The molecule has 0 N–H and O–H groups in total. The van der Waals surface area contributed by atoms with Crippen LogP contribution in [0.5, 0.6) is 11.5 Å². The zero-order valence-electron chi connectivity index (χ0n) is 12.5. The normalized spacial score (nSPS) is 10.3. The molecule has 0 saturated carbocycles. The van der Waals surface area contributed by atoms with Crippen LogP contribution in [0.1, 0.15) is 27.0 Å². The summed E-state index contributed by atoms with van der Waals surface area (Å²) < 4.78 is 24.4. The average Bonchev–Trinajstić information content (AvgIpc) is 2.45. The van der Waals surface area contributed by atoms with Crippen molar-refractivity contribution in [1.82, 2.24) is 0 Å². The summed E-state index contributed by atoms with van der Waals surface area (Å²) in [5.74, 6) is 0.0168. The second kappa shape index (κ2) is 5.95. The molecule has 4 heteroatoms. The van der Waals surface area contributed by atoms with Gasteiger partial charge in [-0.1, -0.05) is 6.07 Å². The molecular weight excluding hydrogens is 271 g/mol. The summed E-state index contributed by atoms with van der Waals surface area (Å²) >= 11 is 0. The van der Waals surface area contributed by atoms with E-state index in [0.717, 1.165) is 5.56 Å². The summed E-state index contributed by atoms with van der Waals surface area (Å²) in [5, 5.41) is 0. The zero-order valence-corrected chi connectivity index (χ0v) is 12.5. The number of aryl methyl sites for hydroxylation is 2. The monoisotopic (exact) mass is 288 g/mol. The summed E-state index contributed by atoms with van der Waals surface area (Å²) in [7, 11) is 2.99. The molecular formula is C17H17FO3. The van der Waals surface area contributed by atoms with E-state index in [1.807, 2.05) is 0 Å². The van der Waals surface area contributed by atoms with Gasteiger partial charge in [-0.05, 0) is 43.2 Å². The maximum Gasteiger partial charge on any atom is 0.199 e. The van der Waals surface area contributed by atoms with Crippen LogP contribution in [0.2, 0.25) is 0 Å². The maximum absolute atomic E-state index is 14.1. The molecule has 0 bridgehead atoms. The second-order valence-electron chi connectivity index (χ2n) is 4.83. The lowest BCUT2D eigenvalue weighted by Crippen LogP contribution is -2.09. The highest BCUT2D eigenvalue weighted by Crippen LogP contribution is 2.28. The Labute approximate surface area is 123 Å². The standard InChI is InChI=1S/C17H17FO3/c1-10-7-11(2)16(14(18)8-10)17(19)13-6-5-12(20-3)9-15(13)21-4/h5-9H,1-4H3. The Morgan fingerprint density at radius 3 is 2.33 bits per heavy atom. The maximum atomic E-state index is 14.1. The van der Waals surface area contributed by atoms with Gasteiger partial charge in [0, 0.05) is 6.07 Å². The fraction of sp³-hybridized carbons (Fsp3) is 0.235. The predicted molar refractivity (Wildman–Crippen MR) is 78.9 cm³/mol. The first kappa shape index (κ1) is 15.0. The Kier molecular flexibility index (Phi) is 4.26. The van der Waals surface area contributed by atoms with E-state index in [1.165, 1.54) is 20.3 Å². The topological polar surface area (TPSA) is 35.5 Å². The van der Waals surface area contributed by atoms with Crippen LogP contribution < -0.4 is 9.47 Å². The molecule has 0 radical (unpaired) electrons. The van der Waals surface area contributed by atoms with Crippen LogP contribution in [0.3, 0.4) is 0 Å². The number of ether oxygens (including phenoxy) is 2. The average molecular weight is 288 g/mol.